The second-order valence-corrected chi connectivity index (χ2v) is 2.67. The van der Waals surface area contributed by atoms with Crippen LogP contribution in [-0.4, -0.2) is 57.8 Å². The van der Waals surface area contributed by atoms with Gasteiger partial charge in [-0.1, -0.05) is 0 Å². The average Bonchev–Trinajstić information content (AvgIpc) is 2.08. The molecule has 5 nitrogen and oxygen atoms in total. The van der Waals surface area contributed by atoms with Gasteiger partial charge in [-0.25, -0.2) is 4.39 Å². The molecule has 0 amide bonds. The van der Waals surface area contributed by atoms with Crippen LogP contribution in [0.2, 0.25) is 0 Å². The Labute approximate surface area is 68.0 Å². The van der Waals surface area contributed by atoms with Gasteiger partial charge in [-0.05, 0) is 0 Å². The normalized spacial score (nSPS) is 49.2. The van der Waals surface area contributed by atoms with E-state index in [9.17, 15) is 4.39 Å². The molecule has 1 rings (SSSR count). The van der Waals surface area contributed by atoms with Gasteiger partial charge in [0.15, 0.2) is 12.5 Å². The first-order chi connectivity index (χ1) is 5.57. The smallest absolute Gasteiger partial charge is 0.189 e. The second kappa shape index (κ2) is 3.63. The molecule has 0 aromatic carbocycles. The lowest BCUT2D eigenvalue weighted by Gasteiger charge is -2.36. The first kappa shape index (κ1) is 9.82. The Hall–Kier alpha value is -0.270. The highest BCUT2D eigenvalue weighted by atomic mass is 19.2. The first-order valence-electron chi connectivity index (χ1n) is 3.52. The molecule has 0 aromatic heterocycles. The highest BCUT2D eigenvalue weighted by molar-refractivity contribution is 4.88. The van der Waals surface area contributed by atoms with E-state index in [1.807, 2.05) is 0 Å². The van der Waals surface area contributed by atoms with E-state index in [1.54, 1.807) is 0 Å². The van der Waals surface area contributed by atoms with E-state index in [2.05, 4.69) is 4.74 Å². The first-order valence-corrected chi connectivity index (χ1v) is 3.52. The van der Waals surface area contributed by atoms with Crippen molar-refractivity contribution < 1.29 is 29.6 Å². The Morgan fingerprint density at radius 3 is 2.25 bits per heavy atom. The molecule has 1 fully saturated rings. The van der Waals surface area contributed by atoms with Crippen molar-refractivity contribution in [3.05, 3.63) is 0 Å². The molecule has 1 unspecified atom stereocenters. The fourth-order valence-electron chi connectivity index (χ4n) is 1.06. The summed E-state index contributed by atoms with van der Waals surface area (Å²) < 4.78 is 17.1. The molecule has 0 aliphatic carbocycles. The van der Waals surface area contributed by atoms with Gasteiger partial charge in [-0.2, -0.15) is 0 Å². The fraction of sp³-hybridized carbons (Fsp3) is 1.00. The maximum atomic E-state index is 12.7. The monoisotopic (exact) mass is 188 g/mol. The molecule has 5 atom stereocenters. The average molecular weight is 188 g/mol. The molecule has 0 radical (unpaired) electrons. The molecular formula is C6H11FO5. The summed E-state index contributed by atoms with van der Waals surface area (Å²) in [6, 6.07) is 0. The van der Waals surface area contributed by atoms with Gasteiger partial charge in [-0.3, -0.25) is 0 Å². The molecular weight excluding hydrogens is 177 g/mol. The Bertz CT molecular complexity index is 150. The highest BCUT2D eigenvalue weighted by Gasteiger charge is 2.43. The van der Waals surface area contributed by atoms with Crippen LogP contribution in [0.4, 0.5) is 4.39 Å². The molecule has 1 heterocycles. The minimum Gasteiger partial charge on any atom is -0.394 e. The Morgan fingerprint density at radius 1 is 1.17 bits per heavy atom. The van der Waals surface area contributed by atoms with Gasteiger partial charge in [0.05, 0.1) is 6.61 Å². The van der Waals surface area contributed by atoms with Crippen LogP contribution >= 0.6 is 0 Å². The summed E-state index contributed by atoms with van der Waals surface area (Å²) >= 11 is 0. The van der Waals surface area contributed by atoms with E-state index in [0.29, 0.717) is 0 Å². The Morgan fingerprint density at radius 2 is 1.75 bits per heavy atom. The Balaban J connectivity index is 2.63. The molecule has 1 aliphatic rings. The van der Waals surface area contributed by atoms with E-state index in [-0.39, 0.29) is 0 Å². The third-order valence-corrected chi connectivity index (χ3v) is 1.82. The van der Waals surface area contributed by atoms with Gasteiger partial charge in [0.1, 0.15) is 18.3 Å². The van der Waals surface area contributed by atoms with Gasteiger partial charge >= 0.3 is 0 Å². The summed E-state index contributed by atoms with van der Waals surface area (Å²) in [5, 5.41) is 35.3. The predicted molar refractivity (Wildman–Crippen MR) is 34.9 cm³/mol. The summed E-state index contributed by atoms with van der Waals surface area (Å²) in [5.41, 5.74) is 0. The van der Waals surface area contributed by atoms with Crippen LogP contribution in [0.3, 0.4) is 0 Å². The molecule has 0 bridgehead atoms. The standard InChI is InChI=1S/C6H11FO5/c7-3-5(10)4(9)2(1-8)12-6(3)11/h2-6,8-11H,1H2/t2-,3-,4-,5-,6?/m1/s1/i1+1,2+1,3+1,4+1,5+1,6+1. The van der Waals surface area contributed by atoms with Crippen molar-refractivity contribution in [1.29, 1.82) is 0 Å². The van der Waals surface area contributed by atoms with E-state index in [0.717, 1.165) is 0 Å². The van der Waals surface area contributed by atoms with E-state index in [4.69, 9.17) is 20.4 Å². The van der Waals surface area contributed by atoms with Gasteiger partial charge in [0.2, 0.25) is 0 Å². The van der Waals surface area contributed by atoms with Crippen molar-refractivity contribution in [2.75, 3.05) is 6.61 Å². The molecule has 0 aromatic rings. The van der Waals surface area contributed by atoms with Crippen LogP contribution < -0.4 is 0 Å². The molecule has 6 heteroatoms. The molecule has 1 saturated heterocycles. The zero-order valence-corrected chi connectivity index (χ0v) is 6.17. The second-order valence-electron chi connectivity index (χ2n) is 2.67. The third kappa shape index (κ3) is 1.57. The molecule has 12 heavy (non-hydrogen) atoms. The van der Waals surface area contributed by atoms with Crippen molar-refractivity contribution in [3.8, 4) is 0 Å². The fourth-order valence-corrected chi connectivity index (χ4v) is 1.06. The maximum absolute atomic E-state index is 12.7. The minimum absolute atomic E-state index is 0.581. The van der Waals surface area contributed by atoms with Crippen LogP contribution in [0.15, 0.2) is 0 Å². The molecule has 4 N–H and O–H groups in total. The number of rotatable bonds is 1. The molecule has 1 aliphatic heterocycles. The zero-order chi connectivity index (χ0) is 9.30. The quantitative estimate of drug-likeness (QED) is 0.349. The number of halogens is 1. The largest absolute Gasteiger partial charge is 0.394 e. The van der Waals surface area contributed by atoms with Crippen LogP contribution in [0.5, 0.6) is 0 Å². The topological polar surface area (TPSA) is 90.2 Å². The number of hydrogen-bond acceptors (Lipinski definition) is 5. The van der Waals surface area contributed by atoms with E-state index < -0.39 is 37.4 Å². The summed E-state index contributed by atoms with van der Waals surface area (Å²) in [4.78, 5) is 0. The third-order valence-electron chi connectivity index (χ3n) is 1.82. The number of aliphatic hydroxyl groups is 4. The maximum Gasteiger partial charge on any atom is 0.189 e. The van der Waals surface area contributed by atoms with Crippen molar-refractivity contribution in [2.24, 2.45) is 0 Å². The minimum atomic E-state index is -2.04. The highest BCUT2D eigenvalue weighted by Crippen LogP contribution is 2.21. The summed E-state index contributed by atoms with van der Waals surface area (Å²) in [6.45, 7) is -0.581. The number of ether oxygens (including phenoxy) is 1. The van der Waals surface area contributed by atoms with Gasteiger partial charge in [-0.15, -0.1) is 0 Å². The lowest BCUT2D eigenvalue weighted by Crippen LogP contribution is -2.56. The number of hydrogen-bond donors (Lipinski definition) is 4. The van der Waals surface area contributed by atoms with Gasteiger partial charge in [0, 0.05) is 0 Å². The van der Waals surface area contributed by atoms with E-state index >= 15 is 0 Å². The zero-order valence-electron chi connectivity index (χ0n) is 6.17. The van der Waals surface area contributed by atoms with Crippen molar-refractivity contribution in [3.63, 3.8) is 0 Å². The molecule has 72 valence electrons. The summed E-state index contributed by atoms with van der Waals surface area (Å²) in [7, 11) is 0. The van der Waals surface area contributed by atoms with Crippen molar-refractivity contribution >= 4 is 0 Å². The van der Waals surface area contributed by atoms with E-state index in [1.165, 1.54) is 0 Å². The van der Waals surface area contributed by atoms with Gasteiger partial charge in [0.25, 0.3) is 0 Å². The van der Waals surface area contributed by atoms with Crippen LogP contribution in [0.25, 0.3) is 0 Å². The summed E-state index contributed by atoms with van der Waals surface area (Å²) in [5.74, 6) is 0. The van der Waals surface area contributed by atoms with Crippen molar-refractivity contribution in [1.82, 2.24) is 0 Å². The van der Waals surface area contributed by atoms with Crippen LogP contribution in [0, 0.1) is 0 Å². The molecule has 0 spiro atoms. The summed E-state index contributed by atoms with van der Waals surface area (Å²) in [6.07, 6.45) is -8.19. The van der Waals surface area contributed by atoms with Crippen LogP contribution in [-0.2, 0) is 4.74 Å². The Kier molecular flexibility index (Phi) is 2.97. The van der Waals surface area contributed by atoms with Gasteiger partial charge < -0.3 is 25.2 Å². The molecule has 0 saturated carbocycles. The number of alkyl halides is 1. The number of aliphatic hydroxyl groups excluding tert-OH is 4. The predicted octanol–water partition coefficient (Wildman–Crippen LogP) is -2.24. The van der Waals surface area contributed by atoms with Crippen molar-refractivity contribution in [2.45, 2.75) is 30.8 Å². The van der Waals surface area contributed by atoms with Crippen LogP contribution in [0.1, 0.15) is 0 Å². The lowest BCUT2D eigenvalue weighted by atomic mass is 11.0. The SMILES string of the molecule is O[13CH2][13C@H]1O[13CH](O)[13C@H](F)[13C@@H](O)[13C@@H]1O. The lowest BCUT2D eigenvalue weighted by molar-refractivity contribution is -0.271.